The highest BCUT2D eigenvalue weighted by Gasteiger charge is 2.31. The summed E-state index contributed by atoms with van der Waals surface area (Å²) < 4.78 is 35.7. The van der Waals surface area contributed by atoms with Crippen LogP contribution in [0.2, 0.25) is 5.02 Å². The van der Waals surface area contributed by atoms with Crippen molar-refractivity contribution in [2.24, 2.45) is 0 Å². The molecular formula is C10H11Cl2FO2S. The largest absolute Gasteiger partial charge is 0.233 e. The van der Waals surface area contributed by atoms with Crippen LogP contribution in [0.3, 0.4) is 0 Å². The third-order valence-electron chi connectivity index (χ3n) is 2.17. The fourth-order valence-electron chi connectivity index (χ4n) is 1.65. The van der Waals surface area contributed by atoms with Crippen molar-refractivity contribution in [1.29, 1.82) is 0 Å². The molecule has 0 aliphatic rings. The molecule has 0 radical (unpaired) electrons. The first-order valence-electron chi connectivity index (χ1n) is 4.50. The maximum Gasteiger partial charge on any atom is 0.233 e. The van der Waals surface area contributed by atoms with Gasteiger partial charge < -0.3 is 0 Å². The van der Waals surface area contributed by atoms with Gasteiger partial charge in [-0.3, -0.25) is 0 Å². The predicted molar refractivity (Wildman–Crippen MR) is 64.1 cm³/mol. The second kappa shape index (κ2) is 4.51. The van der Waals surface area contributed by atoms with Crippen LogP contribution in [0.4, 0.5) is 4.39 Å². The highest BCUT2D eigenvalue weighted by Crippen LogP contribution is 2.33. The molecule has 1 rings (SSSR count). The molecule has 0 saturated carbocycles. The SMILES string of the molecule is CC(C)(CS(=O)(=O)Cl)c1c(F)cccc1Cl. The lowest BCUT2D eigenvalue weighted by Crippen LogP contribution is -2.27. The van der Waals surface area contributed by atoms with E-state index in [9.17, 15) is 12.8 Å². The van der Waals surface area contributed by atoms with Gasteiger partial charge in [-0.15, -0.1) is 0 Å². The minimum Gasteiger partial charge on any atom is -0.212 e. The Morgan fingerprint density at radius 2 is 1.94 bits per heavy atom. The molecular weight excluding hydrogens is 274 g/mol. The van der Waals surface area contributed by atoms with Crippen LogP contribution in [-0.2, 0) is 14.5 Å². The average Bonchev–Trinajstić information content (AvgIpc) is 1.97. The fourth-order valence-corrected chi connectivity index (χ4v) is 3.89. The first kappa shape index (κ1) is 13.7. The molecule has 0 amide bonds. The van der Waals surface area contributed by atoms with Crippen molar-refractivity contribution in [2.45, 2.75) is 19.3 Å². The molecule has 0 aliphatic heterocycles. The summed E-state index contributed by atoms with van der Waals surface area (Å²) >= 11 is 5.86. The molecule has 0 bridgehead atoms. The van der Waals surface area contributed by atoms with Crippen molar-refractivity contribution in [2.75, 3.05) is 5.75 Å². The first-order valence-corrected chi connectivity index (χ1v) is 7.36. The molecule has 0 aliphatic carbocycles. The minimum atomic E-state index is -3.72. The fraction of sp³-hybridized carbons (Fsp3) is 0.400. The number of rotatable bonds is 3. The topological polar surface area (TPSA) is 34.1 Å². The Labute approximate surface area is 104 Å². The highest BCUT2D eigenvalue weighted by molar-refractivity contribution is 8.13. The lowest BCUT2D eigenvalue weighted by atomic mass is 9.86. The van der Waals surface area contributed by atoms with E-state index in [4.69, 9.17) is 22.3 Å². The van der Waals surface area contributed by atoms with Gasteiger partial charge in [-0.2, -0.15) is 0 Å². The number of halogens is 3. The summed E-state index contributed by atoms with van der Waals surface area (Å²) in [6.07, 6.45) is 0. The molecule has 0 spiro atoms. The Morgan fingerprint density at radius 1 is 1.38 bits per heavy atom. The van der Waals surface area contributed by atoms with Crippen molar-refractivity contribution in [1.82, 2.24) is 0 Å². The highest BCUT2D eigenvalue weighted by atomic mass is 35.7. The molecule has 0 fully saturated rings. The van der Waals surface area contributed by atoms with E-state index in [1.54, 1.807) is 13.8 Å². The maximum absolute atomic E-state index is 13.6. The Kier molecular flexibility index (Phi) is 3.87. The van der Waals surface area contributed by atoms with E-state index in [1.165, 1.54) is 18.2 Å². The van der Waals surface area contributed by atoms with Crippen LogP contribution in [0.1, 0.15) is 19.4 Å². The number of hydrogen-bond acceptors (Lipinski definition) is 2. The molecule has 16 heavy (non-hydrogen) atoms. The average molecular weight is 285 g/mol. The van der Waals surface area contributed by atoms with Gasteiger partial charge in [0.1, 0.15) is 5.82 Å². The molecule has 1 aromatic rings. The van der Waals surface area contributed by atoms with E-state index in [1.807, 2.05) is 0 Å². The molecule has 0 saturated heterocycles. The van der Waals surface area contributed by atoms with Crippen LogP contribution in [-0.4, -0.2) is 14.2 Å². The van der Waals surface area contributed by atoms with Crippen LogP contribution in [0.5, 0.6) is 0 Å². The summed E-state index contributed by atoms with van der Waals surface area (Å²) in [6.45, 7) is 3.16. The predicted octanol–water partition coefficient (Wildman–Crippen LogP) is 3.33. The Bertz CT molecular complexity index is 477. The zero-order chi connectivity index (χ0) is 12.6. The van der Waals surface area contributed by atoms with E-state index < -0.39 is 20.3 Å². The van der Waals surface area contributed by atoms with Crippen molar-refractivity contribution < 1.29 is 12.8 Å². The standard InChI is InChI=1S/C10H11Cl2FO2S/c1-10(2,6-16(12,14)15)9-7(11)4-3-5-8(9)13/h3-5H,6H2,1-2H3. The van der Waals surface area contributed by atoms with Crippen LogP contribution >= 0.6 is 22.3 Å². The van der Waals surface area contributed by atoms with Crippen LogP contribution in [0, 0.1) is 5.82 Å². The summed E-state index contributed by atoms with van der Waals surface area (Å²) in [6, 6.07) is 4.22. The third-order valence-corrected chi connectivity index (χ3v) is 3.88. The van der Waals surface area contributed by atoms with Crippen LogP contribution in [0.15, 0.2) is 18.2 Å². The van der Waals surface area contributed by atoms with Gasteiger partial charge in [0, 0.05) is 26.7 Å². The zero-order valence-corrected chi connectivity index (χ0v) is 11.1. The maximum atomic E-state index is 13.6. The van der Waals surface area contributed by atoms with E-state index in [0.29, 0.717) is 0 Å². The van der Waals surface area contributed by atoms with E-state index >= 15 is 0 Å². The number of benzene rings is 1. The molecule has 2 nitrogen and oxygen atoms in total. The van der Waals surface area contributed by atoms with Crippen LogP contribution < -0.4 is 0 Å². The van der Waals surface area contributed by atoms with E-state index in [2.05, 4.69) is 0 Å². The summed E-state index contributed by atoms with van der Waals surface area (Å²) in [5, 5.41) is 0.199. The van der Waals surface area contributed by atoms with Gasteiger partial charge in [0.05, 0.1) is 5.75 Å². The van der Waals surface area contributed by atoms with Gasteiger partial charge in [-0.25, -0.2) is 12.8 Å². The minimum absolute atomic E-state index is 0.167. The molecule has 6 heteroatoms. The van der Waals surface area contributed by atoms with Crippen molar-refractivity contribution in [3.63, 3.8) is 0 Å². The van der Waals surface area contributed by atoms with Gasteiger partial charge >= 0.3 is 0 Å². The van der Waals surface area contributed by atoms with Gasteiger partial charge in [-0.05, 0) is 12.1 Å². The molecule has 1 aromatic carbocycles. The molecule has 0 atom stereocenters. The summed E-state index contributed by atoms with van der Waals surface area (Å²) in [5.41, 5.74) is -0.802. The van der Waals surface area contributed by atoms with Gasteiger partial charge in [0.2, 0.25) is 9.05 Å². The molecule has 90 valence electrons. The monoisotopic (exact) mass is 284 g/mol. The lowest BCUT2D eigenvalue weighted by molar-refractivity contribution is 0.516. The second-order valence-electron chi connectivity index (χ2n) is 4.16. The summed E-state index contributed by atoms with van der Waals surface area (Å²) in [5.74, 6) is -0.903. The van der Waals surface area contributed by atoms with Crippen molar-refractivity contribution in [3.8, 4) is 0 Å². The second-order valence-corrected chi connectivity index (χ2v) is 7.35. The van der Waals surface area contributed by atoms with Crippen LogP contribution in [0.25, 0.3) is 0 Å². The first-order chi connectivity index (χ1) is 7.13. The third kappa shape index (κ3) is 3.34. The molecule has 0 aromatic heterocycles. The smallest absolute Gasteiger partial charge is 0.212 e. The quantitative estimate of drug-likeness (QED) is 0.798. The Hall–Kier alpha value is -0.320. The van der Waals surface area contributed by atoms with Crippen molar-refractivity contribution in [3.05, 3.63) is 34.6 Å². The molecule has 0 unspecified atom stereocenters. The summed E-state index contributed by atoms with van der Waals surface area (Å²) in [4.78, 5) is 0. The Balaban J connectivity index is 3.27. The summed E-state index contributed by atoms with van der Waals surface area (Å²) in [7, 11) is 1.46. The van der Waals surface area contributed by atoms with E-state index in [0.717, 1.165) is 0 Å². The lowest BCUT2D eigenvalue weighted by Gasteiger charge is -2.25. The van der Waals surface area contributed by atoms with Gasteiger partial charge in [0.15, 0.2) is 0 Å². The molecule has 0 heterocycles. The van der Waals surface area contributed by atoms with Gasteiger partial charge in [0.25, 0.3) is 0 Å². The normalized spacial score (nSPS) is 12.8. The molecule has 0 N–H and O–H groups in total. The Morgan fingerprint density at radius 3 is 2.38 bits per heavy atom. The number of hydrogen-bond donors (Lipinski definition) is 0. The van der Waals surface area contributed by atoms with E-state index in [-0.39, 0.29) is 16.3 Å². The zero-order valence-electron chi connectivity index (χ0n) is 8.80. The van der Waals surface area contributed by atoms with Crippen molar-refractivity contribution >= 4 is 31.3 Å². The van der Waals surface area contributed by atoms with Gasteiger partial charge in [-0.1, -0.05) is 31.5 Å².